The fourth-order valence-corrected chi connectivity index (χ4v) is 5.39. The van der Waals surface area contributed by atoms with Crippen LogP contribution in [0.2, 0.25) is 0 Å². The second kappa shape index (κ2) is 8.67. The Labute approximate surface area is 161 Å². The van der Waals surface area contributed by atoms with E-state index >= 15 is 0 Å². The number of halogens is 1. The number of carbonyl (C=O) groups excluding carboxylic acids is 1. The molecule has 27 heavy (non-hydrogen) atoms. The summed E-state index contributed by atoms with van der Waals surface area (Å²) in [6.07, 6.45) is 4.48. The van der Waals surface area contributed by atoms with E-state index in [0.717, 1.165) is 32.0 Å². The first-order chi connectivity index (χ1) is 12.9. The molecular weight excluding hydrogens is 369 g/mol. The van der Waals surface area contributed by atoms with Crippen LogP contribution < -0.4 is 0 Å². The lowest BCUT2D eigenvalue weighted by Crippen LogP contribution is -2.51. The number of amides is 1. The van der Waals surface area contributed by atoms with Gasteiger partial charge in [0.25, 0.3) is 0 Å². The summed E-state index contributed by atoms with van der Waals surface area (Å²) in [5.41, 5.74) is 0.537. The number of carbonyl (C=O) groups is 1. The average Bonchev–Trinajstić information content (AvgIpc) is 2.93. The summed E-state index contributed by atoms with van der Waals surface area (Å²) in [6.45, 7) is 5.30. The van der Waals surface area contributed by atoms with E-state index in [4.69, 9.17) is 0 Å². The fraction of sp³-hybridized carbons (Fsp3) is 0.632. The molecule has 0 spiro atoms. The monoisotopic (exact) mass is 397 g/mol. The first-order valence-corrected chi connectivity index (χ1v) is 11.1. The van der Waals surface area contributed by atoms with Crippen LogP contribution in [-0.4, -0.2) is 74.2 Å². The SMILES string of the molecule is Cc1ccc(F)cc1S(=O)(=O)N1CCN(CC(=O)N2CCCCCC2)CC1. The zero-order chi connectivity index (χ0) is 19.4. The predicted molar refractivity (Wildman–Crippen MR) is 101 cm³/mol. The molecule has 0 bridgehead atoms. The Kier molecular flexibility index (Phi) is 6.49. The van der Waals surface area contributed by atoms with Crippen molar-refractivity contribution in [2.45, 2.75) is 37.5 Å². The summed E-state index contributed by atoms with van der Waals surface area (Å²) in [5.74, 6) is -0.421. The van der Waals surface area contributed by atoms with Crippen LogP contribution in [0.15, 0.2) is 23.1 Å². The summed E-state index contributed by atoms with van der Waals surface area (Å²) < 4.78 is 40.6. The molecule has 0 aliphatic carbocycles. The minimum absolute atomic E-state index is 0.0246. The topological polar surface area (TPSA) is 60.9 Å². The molecule has 150 valence electrons. The van der Waals surface area contributed by atoms with Crippen molar-refractivity contribution in [3.05, 3.63) is 29.6 Å². The Morgan fingerprint density at radius 1 is 1.00 bits per heavy atom. The zero-order valence-electron chi connectivity index (χ0n) is 15.9. The highest BCUT2D eigenvalue weighted by molar-refractivity contribution is 7.89. The van der Waals surface area contributed by atoms with E-state index in [2.05, 4.69) is 0 Å². The van der Waals surface area contributed by atoms with E-state index < -0.39 is 15.8 Å². The third-order valence-electron chi connectivity index (χ3n) is 5.42. The van der Waals surface area contributed by atoms with Crippen molar-refractivity contribution in [3.8, 4) is 0 Å². The van der Waals surface area contributed by atoms with Gasteiger partial charge in [0.05, 0.1) is 11.4 Å². The van der Waals surface area contributed by atoms with E-state index in [1.165, 1.54) is 29.3 Å². The third-order valence-corrected chi connectivity index (χ3v) is 7.46. The molecule has 0 unspecified atom stereocenters. The van der Waals surface area contributed by atoms with Crippen LogP contribution in [-0.2, 0) is 14.8 Å². The molecule has 6 nitrogen and oxygen atoms in total. The Balaban J connectivity index is 1.58. The quantitative estimate of drug-likeness (QED) is 0.778. The summed E-state index contributed by atoms with van der Waals surface area (Å²) in [5, 5.41) is 0. The Bertz CT molecular complexity index is 768. The van der Waals surface area contributed by atoms with Gasteiger partial charge < -0.3 is 4.90 Å². The molecule has 0 aromatic heterocycles. The Morgan fingerprint density at radius 2 is 1.63 bits per heavy atom. The highest BCUT2D eigenvalue weighted by Crippen LogP contribution is 2.22. The van der Waals surface area contributed by atoms with Crippen LogP contribution >= 0.6 is 0 Å². The molecule has 2 aliphatic rings. The zero-order valence-corrected chi connectivity index (χ0v) is 16.7. The number of hydrogen-bond acceptors (Lipinski definition) is 4. The maximum absolute atomic E-state index is 13.5. The van der Waals surface area contributed by atoms with Crippen molar-refractivity contribution in [1.29, 1.82) is 0 Å². The van der Waals surface area contributed by atoms with E-state index in [1.807, 2.05) is 9.80 Å². The van der Waals surface area contributed by atoms with E-state index in [9.17, 15) is 17.6 Å². The average molecular weight is 398 g/mol. The number of piperazine rings is 1. The number of rotatable bonds is 4. The molecule has 2 heterocycles. The molecule has 0 N–H and O–H groups in total. The third kappa shape index (κ3) is 4.86. The first-order valence-electron chi connectivity index (χ1n) is 9.64. The molecular formula is C19H28FN3O3S. The van der Waals surface area contributed by atoms with Crippen LogP contribution in [0.4, 0.5) is 4.39 Å². The summed E-state index contributed by atoms with van der Waals surface area (Å²) in [7, 11) is -3.72. The molecule has 0 saturated carbocycles. The van der Waals surface area contributed by atoms with Crippen molar-refractivity contribution < 1.29 is 17.6 Å². The summed E-state index contributed by atoms with van der Waals surface area (Å²) in [6, 6.07) is 3.83. The maximum Gasteiger partial charge on any atom is 0.243 e. The van der Waals surface area contributed by atoms with Gasteiger partial charge in [0, 0.05) is 39.3 Å². The molecule has 1 aromatic rings. The van der Waals surface area contributed by atoms with Crippen molar-refractivity contribution in [2.75, 3.05) is 45.8 Å². The van der Waals surface area contributed by atoms with Crippen LogP contribution in [0, 0.1) is 12.7 Å². The summed E-state index contributed by atoms with van der Waals surface area (Å²) >= 11 is 0. The molecule has 8 heteroatoms. The lowest BCUT2D eigenvalue weighted by Gasteiger charge is -2.34. The van der Waals surface area contributed by atoms with Crippen LogP contribution in [0.1, 0.15) is 31.2 Å². The van der Waals surface area contributed by atoms with Crippen molar-refractivity contribution in [2.24, 2.45) is 0 Å². The van der Waals surface area contributed by atoms with Gasteiger partial charge in [0.15, 0.2) is 0 Å². The van der Waals surface area contributed by atoms with Crippen LogP contribution in [0.3, 0.4) is 0 Å². The first kappa shape index (κ1) is 20.2. The van der Waals surface area contributed by atoms with Gasteiger partial charge >= 0.3 is 0 Å². The summed E-state index contributed by atoms with van der Waals surface area (Å²) in [4.78, 5) is 16.5. The van der Waals surface area contributed by atoms with Crippen LogP contribution in [0.5, 0.6) is 0 Å². The van der Waals surface area contributed by atoms with Crippen molar-refractivity contribution in [3.63, 3.8) is 0 Å². The predicted octanol–water partition coefficient (Wildman–Crippen LogP) is 1.84. The number of hydrogen-bond donors (Lipinski definition) is 0. The van der Waals surface area contributed by atoms with Gasteiger partial charge in [0.2, 0.25) is 15.9 Å². The molecule has 0 atom stereocenters. The maximum atomic E-state index is 13.5. The second-order valence-electron chi connectivity index (χ2n) is 7.39. The van der Waals surface area contributed by atoms with E-state index in [0.29, 0.717) is 38.3 Å². The number of likely N-dealkylation sites (tertiary alicyclic amines) is 1. The van der Waals surface area contributed by atoms with E-state index in [-0.39, 0.29) is 10.8 Å². The van der Waals surface area contributed by atoms with Crippen molar-refractivity contribution in [1.82, 2.24) is 14.1 Å². The number of benzene rings is 1. The van der Waals surface area contributed by atoms with Gasteiger partial charge in [-0.05, 0) is 37.5 Å². The van der Waals surface area contributed by atoms with Gasteiger partial charge in [-0.2, -0.15) is 4.31 Å². The Hall–Kier alpha value is -1.51. The molecule has 2 saturated heterocycles. The smallest absolute Gasteiger partial charge is 0.243 e. The molecule has 1 amide bonds. The Morgan fingerprint density at radius 3 is 2.26 bits per heavy atom. The van der Waals surface area contributed by atoms with Gasteiger partial charge in [-0.15, -0.1) is 0 Å². The second-order valence-corrected chi connectivity index (χ2v) is 9.29. The van der Waals surface area contributed by atoms with Gasteiger partial charge in [-0.1, -0.05) is 18.9 Å². The number of aryl methyl sites for hydroxylation is 1. The molecule has 3 rings (SSSR count). The minimum atomic E-state index is -3.72. The largest absolute Gasteiger partial charge is 0.342 e. The lowest BCUT2D eigenvalue weighted by atomic mass is 10.2. The fourth-order valence-electron chi connectivity index (χ4n) is 3.73. The molecule has 0 radical (unpaired) electrons. The molecule has 1 aromatic carbocycles. The van der Waals surface area contributed by atoms with Crippen LogP contribution in [0.25, 0.3) is 0 Å². The highest BCUT2D eigenvalue weighted by atomic mass is 32.2. The standard InChI is InChI=1S/C19H28FN3O3S/c1-16-6-7-17(20)14-18(16)27(25,26)23-12-10-21(11-13-23)15-19(24)22-8-4-2-3-5-9-22/h6-7,14H,2-5,8-13,15H2,1H3. The van der Waals surface area contributed by atoms with Gasteiger partial charge in [-0.3, -0.25) is 9.69 Å². The lowest BCUT2D eigenvalue weighted by molar-refractivity contribution is -0.132. The van der Waals surface area contributed by atoms with Gasteiger partial charge in [-0.25, -0.2) is 12.8 Å². The minimum Gasteiger partial charge on any atom is -0.342 e. The van der Waals surface area contributed by atoms with E-state index in [1.54, 1.807) is 6.92 Å². The number of sulfonamides is 1. The molecule has 2 fully saturated rings. The highest BCUT2D eigenvalue weighted by Gasteiger charge is 2.31. The number of nitrogens with zero attached hydrogens (tertiary/aromatic N) is 3. The normalized spacial score (nSPS) is 20.4. The van der Waals surface area contributed by atoms with Crippen molar-refractivity contribution >= 4 is 15.9 Å². The molecule has 2 aliphatic heterocycles. The van der Waals surface area contributed by atoms with Gasteiger partial charge in [0.1, 0.15) is 5.82 Å².